The van der Waals surface area contributed by atoms with Crippen LogP contribution in [0.4, 0.5) is 14.7 Å². The molecule has 1 atom stereocenters. The first-order chi connectivity index (χ1) is 14.9. The van der Waals surface area contributed by atoms with Crippen molar-refractivity contribution in [1.82, 2.24) is 9.97 Å². The molecule has 31 heavy (non-hydrogen) atoms. The molecule has 1 aromatic heterocycles. The monoisotopic (exact) mass is 445 g/mol. The quantitative estimate of drug-likeness (QED) is 0.573. The van der Waals surface area contributed by atoms with Gasteiger partial charge in [0.05, 0.1) is 16.8 Å². The Morgan fingerprint density at radius 3 is 2.84 bits per heavy atom. The third-order valence-corrected chi connectivity index (χ3v) is 5.38. The molecule has 0 aliphatic carbocycles. The Labute approximate surface area is 182 Å². The van der Waals surface area contributed by atoms with Gasteiger partial charge < -0.3 is 14.7 Å². The van der Waals surface area contributed by atoms with Crippen LogP contribution in [0.25, 0.3) is 0 Å². The largest absolute Gasteiger partial charge is 0.487 e. The van der Waals surface area contributed by atoms with Gasteiger partial charge in [0.1, 0.15) is 29.6 Å². The van der Waals surface area contributed by atoms with Gasteiger partial charge in [0.15, 0.2) is 0 Å². The normalized spacial score (nSPS) is 15.8. The van der Waals surface area contributed by atoms with E-state index in [-0.39, 0.29) is 40.5 Å². The standard InChI is InChI=1S/C22H18ClF2N3O3/c23-17-10-15(6-7-18(17)25)31-12-19-16(21(29)30)11-26-22(27-19)28-8-2-5-20(28)13-3-1-4-14(24)9-13/h1,3-4,6-7,9-11,20H,2,5,8,12H2,(H,29,30)/t20-/m0/s1. The van der Waals surface area contributed by atoms with Crippen LogP contribution in [0, 0.1) is 11.6 Å². The first kappa shape index (κ1) is 21.0. The summed E-state index contributed by atoms with van der Waals surface area (Å²) in [6.07, 6.45) is 2.90. The van der Waals surface area contributed by atoms with Gasteiger partial charge >= 0.3 is 5.97 Å². The molecule has 1 saturated heterocycles. The number of halogens is 3. The van der Waals surface area contributed by atoms with E-state index in [2.05, 4.69) is 9.97 Å². The molecule has 1 N–H and O–H groups in total. The molecule has 0 saturated carbocycles. The van der Waals surface area contributed by atoms with Crippen molar-refractivity contribution in [2.24, 2.45) is 0 Å². The highest BCUT2D eigenvalue weighted by molar-refractivity contribution is 6.30. The molecule has 1 aliphatic rings. The van der Waals surface area contributed by atoms with Gasteiger partial charge in [-0.1, -0.05) is 23.7 Å². The zero-order valence-electron chi connectivity index (χ0n) is 16.3. The van der Waals surface area contributed by atoms with Crippen molar-refractivity contribution in [3.63, 3.8) is 0 Å². The number of aromatic carboxylic acids is 1. The Kier molecular flexibility index (Phi) is 5.99. The molecule has 9 heteroatoms. The summed E-state index contributed by atoms with van der Waals surface area (Å²) < 4.78 is 32.6. The minimum atomic E-state index is -1.19. The third-order valence-electron chi connectivity index (χ3n) is 5.10. The van der Waals surface area contributed by atoms with Crippen molar-refractivity contribution in [1.29, 1.82) is 0 Å². The van der Waals surface area contributed by atoms with Crippen molar-refractivity contribution in [2.45, 2.75) is 25.5 Å². The highest BCUT2D eigenvalue weighted by atomic mass is 35.5. The van der Waals surface area contributed by atoms with Crippen LogP contribution >= 0.6 is 11.6 Å². The van der Waals surface area contributed by atoms with E-state index >= 15 is 0 Å². The second kappa shape index (κ2) is 8.85. The number of rotatable bonds is 6. The summed E-state index contributed by atoms with van der Waals surface area (Å²) in [5.74, 6) is -1.47. The lowest BCUT2D eigenvalue weighted by atomic mass is 10.0. The molecule has 0 amide bonds. The summed E-state index contributed by atoms with van der Waals surface area (Å²) in [5, 5.41) is 9.40. The fraction of sp³-hybridized carbons (Fsp3) is 0.227. The Morgan fingerprint density at radius 2 is 2.10 bits per heavy atom. The molecule has 2 heterocycles. The number of carboxylic acids is 1. The lowest BCUT2D eigenvalue weighted by Gasteiger charge is -2.25. The van der Waals surface area contributed by atoms with Crippen molar-refractivity contribution in [2.75, 3.05) is 11.4 Å². The summed E-state index contributed by atoms with van der Waals surface area (Å²) in [4.78, 5) is 22.2. The van der Waals surface area contributed by atoms with E-state index in [0.717, 1.165) is 24.5 Å². The maximum atomic E-state index is 13.7. The Morgan fingerprint density at radius 1 is 1.26 bits per heavy atom. The summed E-state index contributed by atoms with van der Waals surface area (Å²) in [6.45, 7) is 0.485. The number of anilines is 1. The number of nitrogens with zero attached hydrogens (tertiary/aromatic N) is 3. The van der Waals surface area contributed by atoms with E-state index in [0.29, 0.717) is 12.5 Å². The summed E-state index contributed by atoms with van der Waals surface area (Å²) in [5.41, 5.74) is 0.878. The average molecular weight is 446 g/mol. The molecule has 1 aliphatic heterocycles. The van der Waals surface area contributed by atoms with Crippen LogP contribution in [-0.4, -0.2) is 27.6 Å². The highest BCUT2D eigenvalue weighted by Gasteiger charge is 2.29. The molecular weight excluding hydrogens is 428 g/mol. The number of carbonyl (C=O) groups is 1. The number of ether oxygens (including phenoxy) is 1. The predicted molar refractivity (Wildman–Crippen MR) is 110 cm³/mol. The summed E-state index contributed by atoms with van der Waals surface area (Å²) in [7, 11) is 0. The van der Waals surface area contributed by atoms with E-state index in [1.54, 1.807) is 6.07 Å². The van der Waals surface area contributed by atoms with Crippen molar-refractivity contribution < 1.29 is 23.4 Å². The zero-order chi connectivity index (χ0) is 22.0. The van der Waals surface area contributed by atoms with Crippen LogP contribution in [0.15, 0.2) is 48.7 Å². The topological polar surface area (TPSA) is 75.5 Å². The van der Waals surface area contributed by atoms with E-state index < -0.39 is 11.8 Å². The van der Waals surface area contributed by atoms with E-state index in [1.807, 2.05) is 11.0 Å². The first-order valence-corrected chi connectivity index (χ1v) is 9.99. The van der Waals surface area contributed by atoms with Crippen molar-refractivity contribution in [3.05, 3.63) is 82.1 Å². The molecule has 160 valence electrons. The molecule has 1 fully saturated rings. The SMILES string of the molecule is O=C(O)c1cnc(N2CCC[C@H]2c2cccc(F)c2)nc1COc1ccc(F)c(Cl)c1. The maximum absolute atomic E-state index is 13.7. The van der Waals surface area contributed by atoms with E-state index in [4.69, 9.17) is 16.3 Å². The summed E-state index contributed by atoms with van der Waals surface area (Å²) >= 11 is 5.77. The third kappa shape index (κ3) is 4.59. The predicted octanol–water partition coefficient (Wildman–Crippen LogP) is 5.03. The molecule has 0 unspecified atom stereocenters. The van der Waals surface area contributed by atoms with Crippen molar-refractivity contribution >= 4 is 23.5 Å². The van der Waals surface area contributed by atoms with Crippen LogP contribution in [0.3, 0.4) is 0 Å². The van der Waals surface area contributed by atoms with E-state index in [1.165, 1.54) is 30.5 Å². The molecule has 4 rings (SSSR count). The number of hydrogen-bond donors (Lipinski definition) is 1. The second-order valence-corrected chi connectivity index (χ2v) is 7.51. The lowest BCUT2D eigenvalue weighted by Crippen LogP contribution is -2.26. The molecule has 0 radical (unpaired) electrons. The molecule has 0 bridgehead atoms. The Balaban J connectivity index is 1.61. The van der Waals surface area contributed by atoms with Gasteiger partial charge in [-0.25, -0.2) is 23.5 Å². The fourth-order valence-electron chi connectivity index (χ4n) is 3.62. The van der Waals surface area contributed by atoms with Gasteiger partial charge in [-0.15, -0.1) is 0 Å². The van der Waals surface area contributed by atoms with E-state index in [9.17, 15) is 18.7 Å². The van der Waals surface area contributed by atoms with Gasteiger partial charge in [0.25, 0.3) is 0 Å². The highest BCUT2D eigenvalue weighted by Crippen LogP contribution is 2.35. The summed E-state index contributed by atoms with van der Waals surface area (Å²) in [6, 6.07) is 10.1. The van der Waals surface area contributed by atoms with Gasteiger partial charge in [-0.05, 0) is 42.7 Å². The maximum Gasteiger partial charge on any atom is 0.339 e. The number of benzene rings is 2. The molecule has 3 aromatic rings. The Hall–Kier alpha value is -3.26. The van der Waals surface area contributed by atoms with Gasteiger partial charge in [-0.2, -0.15) is 0 Å². The van der Waals surface area contributed by atoms with Crippen LogP contribution in [-0.2, 0) is 6.61 Å². The smallest absolute Gasteiger partial charge is 0.339 e. The fourth-order valence-corrected chi connectivity index (χ4v) is 3.79. The minimum absolute atomic E-state index is 0.0986. The van der Waals surface area contributed by atoms with Crippen LogP contribution in [0.5, 0.6) is 5.75 Å². The van der Waals surface area contributed by atoms with Crippen LogP contribution in [0.2, 0.25) is 5.02 Å². The average Bonchev–Trinajstić information content (AvgIpc) is 3.24. The van der Waals surface area contributed by atoms with Gasteiger partial charge in [-0.3, -0.25) is 0 Å². The van der Waals surface area contributed by atoms with Crippen LogP contribution < -0.4 is 9.64 Å². The number of aromatic nitrogens is 2. The van der Waals surface area contributed by atoms with Gasteiger partial charge in [0, 0.05) is 18.8 Å². The number of carboxylic acid groups (broad SMARTS) is 1. The zero-order valence-corrected chi connectivity index (χ0v) is 17.0. The number of hydrogen-bond acceptors (Lipinski definition) is 5. The van der Waals surface area contributed by atoms with Gasteiger partial charge in [0.2, 0.25) is 5.95 Å². The molecule has 6 nitrogen and oxygen atoms in total. The Bertz CT molecular complexity index is 1130. The molecule has 2 aromatic carbocycles. The molecule has 0 spiro atoms. The van der Waals surface area contributed by atoms with Crippen LogP contribution in [0.1, 0.15) is 40.5 Å². The first-order valence-electron chi connectivity index (χ1n) is 9.61. The lowest BCUT2D eigenvalue weighted by molar-refractivity contribution is 0.0692. The van der Waals surface area contributed by atoms with Crippen molar-refractivity contribution in [3.8, 4) is 5.75 Å². The molecular formula is C22H18ClF2N3O3. The minimum Gasteiger partial charge on any atom is -0.487 e. The second-order valence-electron chi connectivity index (χ2n) is 7.11.